The predicted molar refractivity (Wildman–Crippen MR) is 87.2 cm³/mol. The van der Waals surface area contributed by atoms with E-state index < -0.39 is 0 Å². The van der Waals surface area contributed by atoms with Crippen LogP contribution in [-0.2, 0) is 13.0 Å². The van der Waals surface area contributed by atoms with Crippen LogP contribution in [0.15, 0.2) is 24.3 Å². The van der Waals surface area contributed by atoms with Gasteiger partial charge in [0.2, 0.25) is 0 Å². The number of halogens is 1. The van der Waals surface area contributed by atoms with Crippen molar-refractivity contribution in [1.82, 2.24) is 15.5 Å². The molecule has 4 nitrogen and oxygen atoms in total. The van der Waals surface area contributed by atoms with E-state index in [-0.39, 0.29) is 0 Å². The summed E-state index contributed by atoms with van der Waals surface area (Å²) in [5.41, 5.74) is 0. The van der Waals surface area contributed by atoms with Crippen molar-refractivity contribution in [3.05, 3.63) is 39.3 Å². The number of aryl methyl sites for hydroxylation is 1. The standard InChI is InChI=1S/C15H20ClN3OS/c1-11(2)17-8-4-7-14-18-19-15(21-14)10-20-13-6-3-5-12(16)9-13/h3,5-6,9,11,17H,4,7-8,10H2,1-2H3. The molecule has 0 amide bonds. The van der Waals surface area contributed by atoms with Crippen LogP contribution in [0.5, 0.6) is 5.75 Å². The maximum Gasteiger partial charge on any atom is 0.155 e. The number of benzene rings is 1. The molecule has 114 valence electrons. The summed E-state index contributed by atoms with van der Waals surface area (Å²) in [5, 5.41) is 14.4. The molecule has 0 bridgehead atoms. The van der Waals surface area contributed by atoms with Gasteiger partial charge in [0.25, 0.3) is 0 Å². The monoisotopic (exact) mass is 325 g/mol. The molecule has 6 heteroatoms. The second kappa shape index (κ2) is 8.32. The first-order valence-corrected chi connectivity index (χ1v) is 8.26. The van der Waals surface area contributed by atoms with Crippen LogP contribution in [-0.4, -0.2) is 22.8 Å². The summed E-state index contributed by atoms with van der Waals surface area (Å²) in [6, 6.07) is 7.89. The minimum absolute atomic E-state index is 0.433. The number of hydrogen-bond donors (Lipinski definition) is 1. The van der Waals surface area contributed by atoms with E-state index in [0.29, 0.717) is 17.7 Å². The van der Waals surface area contributed by atoms with Gasteiger partial charge in [0.1, 0.15) is 17.4 Å². The minimum atomic E-state index is 0.433. The SMILES string of the molecule is CC(C)NCCCc1nnc(COc2cccc(Cl)c2)s1. The summed E-state index contributed by atoms with van der Waals surface area (Å²) in [6.45, 7) is 5.74. The highest BCUT2D eigenvalue weighted by atomic mass is 35.5. The van der Waals surface area contributed by atoms with Crippen LogP contribution < -0.4 is 10.1 Å². The third-order valence-corrected chi connectivity index (χ3v) is 3.98. The minimum Gasteiger partial charge on any atom is -0.486 e. The Balaban J connectivity index is 1.75. The van der Waals surface area contributed by atoms with Crippen LogP contribution in [0.3, 0.4) is 0 Å². The van der Waals surface area contributed by atoms with Crippen molar-refractivity contribution in [1.29, 1.82) is 0 Å². The van der Waals surface area contributed by atoms with Gasteiger partial charge in [0.05, 0.1) is 0 Å². The van der Waals surface area contributed by atoms with Crippen molar-refractivity contribution in [2.24, 2.45) is 0 Å². The van der Waals surface area contributed by atoms with Gasteiger partial charge in [-0.2, -0.15) is 0 Å². The van der Waals surface area contributed by atoms with Crippen LogP contribution in [0.1, 0.15) is 30.3 Å². The first-order chi connectivity index (χ1) is 10.1. The van der Waals surface area contributed by atoms with Crippen molar-refractivity contribution in [2.45, 2.75) is 39.3 Å². The molecule has 0 unspecified atom stereocenters. The van der Waals surface area contributed by atoms with Crippen LogP contribution in [0.25, 0.3) is 0 Å². The van der Waals surface area contributed by atoms with E-state index in [2.05, 4.69) is 29.4 Å². The predicted octanol–water partition coefficient (Wildman–Crippen LogP) is 3.70. The van der Waals surface area contributed by atoms with Crippen LogP contribution in [0.4, 0.5) is 0 Å². The largest absolute Gasteiger partial charge is 0.486 e. The zero-order chi connectivity index (χ0) is 15.1. The number of nitrogens with zero attached hydrogens (tertiary/aromatic N) is 2. The molecule has 2 aromatic rings. The van der Waals surface area contributed by atoms with E-state index in [1.807, 2.05) is 18.2 Å². The van der Waals surface area contributed by atoms with Gasteiger partial charge in [-0.05, 0) is 31.2 Å². The lowest BCUT2D eigenvalue weighted by molar-refractivity contribution is 0.304. The lowest BCUT2D eigenvalue weighted by Gasteiger charge is -2.05. The van der Waals surface area contributed by atoms with Gasteiger partial charge in [0, 0.05) is 17.5 Å². The Morgan fingerprint density at radius 1 is 1.29 bits per heavy atom. The van der Waals surface area contributed by atoms with Crippen molar-refractivity contribution in [2.75, 3.05) is 6.54 Å². The summed E-state index contributed by atoms with van der Waals surface area (Å²) in [5.74, 6) is 0.750. The van der Waals surface area contributed by atoms with Crippen LogP contribution >= 0.6 is 22.9 Å². The molecule has 0 aliphatic heterocycles. The van der Waals surface area contributed by atoms with E-state index in [0.717, 1.165) is 35.2 Å². The fraction of sp³-hybridized carbons (Fsp3) is 0.467. The van der Waals surface area contributed by atoms with E-state index in [1.54, 1.807) is 17.4 Å². The number of nitrogens with one attached hydrogen (secondary N) is 1. The maximum atomic E-state index is 5.91. The highest BCUT2D eigenvalue weighted by Gasteiger charge is 2.05. The van der Waals surface area contributed by atoms with Gasteiger partial charge >= 0.3 is 0 Å². The smallest absolute Gasteiger partial charge is 0.155 e. The van der Waals surface area contributed by atoms with E-state index in [9.17, 15) is 0 Å². The van der Waals surface area contributed by atoms with Gasteiger partial charge in [-0.25, -0.2) is 0 Å². The second-order valence-corrected chi connectivity index (χ2v) is 6.63. The summed E-state index contributed by atoms with van der Waals surface area (Å²) in [7, 11) is 0. The van der Waals surface area contributed by atoms with E-state index in [4.69, 9.17) is 16.3 Å². The Morgan fingerprint density at radius 2 is 2.10 bits per heavy atom. The number of hydrogen-bond acceptors (Lipinski definition) is 5. The fourth-order valence-corrected chi connectivity index (χ4v) is 2.76. The normalized spacial score (nSPS) is 11.0. The first-order valence-electron chi connectivity index (χ1n) is 7.06. The Morgan fingerprint density at radius 3 is 2.86 bits per heavy atom. The van der Waals surface area contributed by atoms with Gasteiger partial charge in [-0.3, -0.25) is 0 Å². The van der Waals surface area contributed by atoms with Crippen LogP contribution in [0, 0.1) is 0 Å². The fourth-order valence-electron chi connectivity index (χ4n) is 1.78. The van der Waals surface area contributed by atoms with Crippen molar-refractivity contribution >= 4 is 22.9 Å². The van der Waals surface area contributed by atoms with E-state index in [1.165, 1.54) is 0 Å². The van der Waals surface area contributed by atoms with Gasteiger partial charge < -0.3 is 10.1 Å². The highest BCUT2D eigenvalue weighted by Crippen LogP contribution is 2.19. The average molecular weight is 326 g/mol. The third kappa shape index (κ3) is 5.99. The molecule has 1 N–H and O–H groups in total. The molecule has 0 aliphatic rings. The summed E-state index contributed by atoms with van der Waals surface area (Å²) < 4.78 is 5.65. The molecule has 0 atom stereocenters. The molecule has 0 saturated carbocycles. The zero-order valence-electron chi connectivity index (χ0n) is 12.3. The molecule has 1 aromatic carbocycles. The first kappa shape index (κ1) is 16.2. The van der Waals surface area contributed by atoms with Crippen molar-refractivity contribution in [3.8, 4) is 5.75 Å². The third-order valence-electron chi connectivity index (χ3n) is 2.79. The molecule has 0 fully saturated rings. The Hall–Kier alpha value is -1.17. The van der Waals surface area contributed by atoms with Gasteiger partial charge in [-0.1, -0.05) is 42.9 Å². The molecule has 21 heavy (non-hydrogen) atoms. The van der Waals surface area contributed by atoms with Crippen molar-refractivity contribution in [3.63, 3.8) is 0 Å². The highest BCUT2D eigenvalue weighted by molar-refractivity contribution is 7.11. The second-order valence-electron chi connectivity index (χ2n) is 5.05. The Kier molecular flexibility index (Phi) is 6.42. The Labute approximate surface area is 134 Å². The lowest BCUT2D eigenvalue weighted by Crippen LogP contribution is -2.23. The molecule has 1 aromatic heterocycles. The van der Waals surface area contributed by atoms with Crippen molar-refractivity contribution < 1.29 is 4.74 Å². The molecule has 2 rings (SSSR count). The number of aromatic nitrogens is 2. The van der Waals surface area contributed by atoms with Crippen LogP contribution in [0.2, 0.25) is 5.02 Å². The summed E-state index contributed by atoms with van der Waals surface area (Å²) >= 11 is 7.52. The molecule has 0 radical (unpaired) electrons. The Bertz CT molecular complexity index is 559. The topological polar surface area (TPSA) is 47.0 Å². The number of rotatable bonds is 8. The van der Waals surface area contributed by atoms with E-state index >= 15 is 0 Å². The summed E-state index contributed by atoms with van der Waals surface area (Å²) in [4.78, 5) is 0. The number of ether oxygens (including phenoxy) is 1. The molecule has 0 saturated heterocycles. The van der Waals surface area contributed by atoms with Gasteiger partial charge in [-0.15, -0.1) is 10.2 Å². The zero-order valence-corrected chi connectivity index (χ0v) is 13.9. The molecule has 0 aliphatic carbocycles. The summed E-state index contributed by atoms with van der Waals surface area (Å²) in [6.07, 6.45) is 2.02. The molecular formula is C15H20ClN3OS. The maximum absolute atomic E-state index is 5.91. The molecule has 0 spiro atoms. The molecule has 1 heterocycles. The quantitative estimate of drug-likeness (QED) is 0.752. The average Bonchev–Trinajstić information content (AvgIpc) is 2.89. The lowest BCUT2D eigenvalue weighted by atomic mass is 10.3. The van der Waals surface area contributed by atoms with Gasteiger partial charge in [0.15, 0.2) is 5.01 Å². The molecular weight excluding hydrogens is 306 g/mol.